The van der Waals surface area contributed by atoms with Gasteiger partial charge in [-0.05, 0) is 42.2 Å². The van der Waals surface area contributed by atoms with Crippen LogP contribution in [0.3, 0.4) is 0 Å². The van der Waals surface area contributed by atoms with Crippen molar-refractivity contribution in [3.63, 3.8) is 0 Å². The minimum Gasteiger partial charge on any atom is -0.353 e. The first-order valence-electron chi connectivity index (χ1n) is 9.45. The maximum atomic E-state index is 12.2. The monoisotopic (exact) mass is 429 g/mol. The van der Waals surface area contributed by atoms with Crippen LogP contribution in [0.15, 0.2) is 64.8 Å². The average molecular weight is 430 g/mol. The summed E-state index contributed by atoms with van der Waals surface area (Å²) in [5.74, 6) is 0.122. The van der Waals surface area contributed by atoms with Gasteiger partial charge in [0.1, 0.15) is 17.4 Å². The zero-order chi connectivity index (χ0) is 20.4. The minimum absolute atomic E-state index is 0.0433. The largest absolute Gasteiger partial charge is 0.353 e. The Morgan fingerprint density at radius 3 is 2.66 bits per heavy atom. The summed E-state index contributed by atoms with van der Waals surface area (Å²) >= 11 is 7.63. The Kier molecular flexibility index (Phi) is 5.92. The summed E-state index contributed by atoms with van der Waals surface area (Å²) < 4.78 is 14.2. The van der Waals surface area contributed by atoms with Crippen LogP contribution in [0.1, 0.15) is 17.9 Å². The van der Waals surface area contributed by atoms with Crippen LogP contribution in [0.4, 0.5) is 4.39 Å². The summed E-state index contributed by atoms with van der Waals surface area (Å²) in [6.45, 7) is -0.438. The van der Waals surface area contributed by atoms with Crippen LogP contribution in [0.2, 0.25) is 5.02 Å². The van der Waals surface area contributed by atoms with Gasteiger partial charge in [0.05, 0.1) is 6.33 Å². The highest BCUT2D eigenvalue weighted by Crippen LogP contribution is 2.48. The second-order valence-corrected chi connectivity index (χ2v) is 8.61. The van der Waals surface area contributed by atoms with Gasteiger partial charge in [0.25, 0.3) is 0 Å². The molecule has 1 aliphatic rings. The molecule has 2 aromatic carbocycles. The topological polar surface area (TPSA) is 46.9 Å². The molecule has 1 aliphatic carbocycles. The fraction of sp³-hybridized carbons (Fsp3) is 0.273. The Hall–Kier alpha value is -2.31. The van der Waals surface area contributed by atoms with Crippen molar-refractivity contribution in [2.75, 3.05) is 13.2 Å². The first-order valence-corrected chi connectivity index (χ1v) is 10.6. The van der Waals surface area contributed by atoms with Crippen molar-refractivity contribution in [2.45, 2.75) is 22.3 Å². The van der Waals surface area contributed by atoms with E-state index in [2.05, 4.69) is 34.6 Å². The van der Waals surface area contributed by atoms with Crippen molar-refractivity contribution < 1.29 is 9.18 Å². The smallest absolute Gasteiger partial charge is 0.223 e. The number of imidazole rings is 1. The van der Waals surface area contributed by atoms with E-state index in [1.807, 2.05) is 42.2 Å². The van der Waals surface area contributed by atoms with Gasteiger partial charge in [-0.25, -0.2) is 9.37 Å². The van der Waals surface area contributed by atoms with Crippen molar-refractivity contribution in [1.82, 2.24) is 14.9 Å². The number of hydrogen-bond acceptors (Lipinski definition) is 3. The first kappa shape index (κ1) is 20.0. The summed E-state index contributed by atoms with van der Waals surface area (Å²) in [5, 5.41) is 4.40. The molecule has 0 spiro atoms. The number of amides is 1. The molecule has 1 heterocycles. The lowest BCUT2D eigenvalue weighted by Crippen LogP contribution is -2.27. The van der Waals surface area contributed by atoms with Crippen molar-refractivity contribution in [3.05, 3.63) is 65.4 Å². The second kappa shape index (κ2) is 8.59. The third-order valence-electron chi connectivity index (χ3n) is 5.04. The molecular formula is C22H21ClFN3OS. The lowest BCUT2D eigenvalue weighted by atomic mass is 10.1. The molecule has 150 valence electrons. The number of hydrogen-bond donors (Lipinski definition) is 1. The molecule has 1 amide bonds. The van der Waals surface area contributed by atoms with Gasteiger partial charge in [-0.15, -0.1) is 0 Å². The van der Waals surface area contributed by atoms with Crippen molar-refractivity contribution in [3.8, 4) is 11.3 Å². The Morgan fingerprint density at radius 2 is 1.97 bits per heavy atom. The maximum Gasteiger partial charge on any atom is 0.223 e. The molecule has 4 nitrogen and oxygen atoms in total. The predicted octanol–water partition coefficient (Wildman–Crippen LogP) is 5.08. The van der Waals surface area contributed by atoms with E-state index in [4.69, 9.17) is 11.6 Å². The fourth-order valence-corrected chi connectivity index (χ4v) is 4.47. The lowest BCUT2D eigenvalue weighted by molar-refractivity contribution is -0.122. The summed E-state index contributed by atoms with van der Waals surface area (Å²) in [7, 11) is 1.98. The number of carbonyl (C=O) groups is 1. The first-order chi connectivity index (χ1) is 14.1. The molecule has 29 heavy (non-hydrogen) atoms. The zero-order valence-corrected chi connectivity index (χ0v) is 17.5. The molecular weight excluding hydrogens is 409 g/mol. The van der Waals surface area contributed by atoms with E-state index >= 15 is 0 Å². The molecule has 2 atom stereocenters. The lowest BCUT2D eigenvalue weighted by Gasteiger charge is -2.08. The number of rotatable bonds is 7. The summed E-state index contributed by atoms with van der Waals surface area (Å²) in [4.78, 5) is 17.7. The molecule has 3 aromatic rings. The van der Waals surface area contributed by atoms with Gasteiger partial charge in [0, 0.05) is 35.0 Å². The molecule has 1 aromatic heterocycles. The Balaban J connectivity index is 1.49. The number of aryl methyl sites for hydroxylation is 1. The zero-order valence-electron chi connectivity index (χ0n) is 15.9. The summed E-state index contributed by atoms with van der Waals surface area (Å²) in [6, 6.07) is 16.0. The molecule has 0 unspecified atom stereocenters. The van der Waals surface area contributed by atoms with Crippen LogP contribution in [0, 0.1) is 5.92 Å². The highest BCUT2D eigenvalue weighted by Gasteiger charge is 2.43. The summed E-state index contributed by atoms with van der Waals surface area (Å²) in [5.41, 5.74) is 3.09. The van der Waals surface area contributed by atoms with E-state index in [0.29, 0.717) is 5.02 Å². The SMILES string of the molecule is Cn1cnc(-c2ccc([C@H]3C[C@@H]3C(=O)NCCF)cc2)c1Sc1ccc(Cl)cc1. The van der Waals surface area contributed by atoms with Crippen molar-refractivity contribution in [1.29, 1.82) is 0 Å². The van der Waals surface area contributed by atoms with E-state index in [0.717, 1.165) is 33.2 Å². The van der Waals surface area contributed by atoms with Gasteiger partial charge in [-0.2, -0.15) is 0 Å². The molecule has 0 saturated heterocycles. The normalized spacial score (nSPS) is 17.9. The van der Waals surface area contributed by atoms with Gasteiger partial charge < -0.3 is 9.88 Å². The predicted molar refractivity (Wildman–Crippen MR) is 114 cm³/mol. The molecule has 0 bridgehead atoms. The second-order valence-electron chi connectivity index (χ2n) is 7.12. The van der Waals surface area contributed by atoms with Gasteiger partial charge >= 0.3 is 0 Å². The van der Waals surface area contributed by atoms with Crippen LogP contribution in [-0.4, -0.2) is 28.7 Å². The fourth-order valence-electron chi connectivity index (χ4n) is 3.39. The Morgan fingerprint density at radius 1 is 1.24 bits per heavy atom. The number of carbonyl (C=O) groups excluding carboxylic acids is 1. The standard InChI is InChI=1S/C22H21ClFN3OS/c1-27-13-26-20(22(27)29-17-8-6-16(23)7-9-17)15-4-2-14(3-5-15)18-12-19(18)21(28)25-11-10-24/h2-9,13,18-19H,10-12H2,1H3,(H,25,28)/t18-,19+/m1/s1. The van der Waals surface area contributed by atoms with Crippen molar-refractivity contribution >= 4 is 29.3 Å². The quantitative estimate of drug-likeness (QED) is 0.569. The molecule has 0 radical (unpaired) electrons. The third kappa shape index (κ3) is 4.49. The molecule has 7 heteroatoms. The highest BCUT2D eigenvalue weighted by molar-refractivity contribution is 7.99. The average Bonchev–Trinajstić information content (AvgIpc) is 3.46. The van der Waals surface area contributed by atoms with Crippen LogP contribution in [0.5, 0.6) is 0 Å². The number of aromatic nitrogens is 2. The summed E-state index contributed by atoms with van der Waals surface area (Å²) in [6.07, 6.45) is 2.63. The molecule has 0 aliphatic heterocycles. The van der Waals surface area contributed by atoms with E-state index in [-0.39, 0.29) is 24.3 Å². The number of nitrogens with zero attached hydrogens (tertiary/aromatic N) is 2. The van der Waals surface area contributed by atoms with Gasteiger partial charge in [0.15, 0.2) is 0 Å². The van der Waals surface area contributed by atoms with Gasteiger partial charge in [0.2, 0.25) is 5.91 Å². The van der Waals surface area contributed by atoms with Crippen LogP contribution < -0.4 is 5.32 Å². The van der Waals surface area contributed by atoms with Gasteiger partial charge in [-0.1, -0.05) is 47.6 Å². The minimum atomic E-state index is -0.529. The van der Waals surface area contributed by atoms with E-state index in [1.165, 1.54) is 0 Å². The third-order valence-corrected chi connectivity index (χ3v) is 6.48. The maximum absolute atomic E-state index is 12.2. The van der Waals surface area contributed by atoms with Crippen molar-refractivity contribution in [2.24, 2.45) is 13.0 Å². The Bertz CT molecular complexity index is 1000. The van der Waals surface area contributed by atoms with Gasteiger partial charge in [-0.3, -0.25) is 4.79 Å². The molecule has 4 rings (SSSR count). The van der Waals surface area contributed by atoms with E-state index in [1.54, 1.807) is 11.8 Å². The Labute approximate surface area is 178 Å². The van der Waals surface area contributed by atoms with E-state index in [9.17, 15) is 9.18 Å². The number of benzene rings is 2. The van der Waals surface area contributed by atoms with Crippen LogP contribution >= 0.6 is 23.4 Å². The van der Waals surface area contributed by atoms with Crippen LogP contribution in [0.25, 0.3) is 11.3 Å². The highest BCUT2D eigenvalue weighted by atomic mass is 35.5. The number of alkyl halides is 1. The molecule has 1 fully saturated rings. The molecule has 1 saturated carbocycles. The van der Waals surface area contributed by atoms with E-state index < -0.39 is 6.67 Å². The number of halogens is 2. The number of nitrogens with one attached hydrogen (secondary N) is 1. The molecule has 1 N–H and O–H groups in total. The van der Waals surface area contributed by atoms with Crippen LogP contribution in [-0.2, 0) is 11.8 Å².